The molecule has 0 aliphatic rings. The Kier molecular flexibility index (Phi) is 4.98. The number of rotatable bonds is 4. The van der Waals surface area contributed by atoms with Gasteiger partial charge < -0.3 is 4.43 Å². The van der Waals surface area contributed by atoms with Gasteiger partial charge >= 0.3 is 0 Å². The van der Waals surface area contributed by atoms with Crippen molar-refractivity contribution in [3.63, 3.8) is 0 Å². The summed E-state index contributed by atoms with van der Waals surface area (Å²) >= 11 is 0. The molecule has 0 saturated heterocycles. The van der Waals surface area contributed by atoms with Crippen LogP contribution < -0.4 is 14.8 Å². The van der Waals surface area contributed by atoms with Crippen molar-refractivity contribution < 1.29 is 13.2 Å². The molecule has 1 aromatic rings. The quantitative estimate of drug-likeness (QED) is 0.740. The first kappa shape index (κ1) is 18.6. The zero-order valence-electron chi connectivity index (χ0n) is 14.7. The van der Waals surface area contributed by atoms with Crippen molar-refractivity contribution in [2.45, 2.75) is 58.9 Å². The van der Waals surface area contributed by atoms with E-state index < -0.39 is 24.5 Å². The molecule has 0 aliphatic carbocycles. The van der Waals surface area contributed by atoms with E-state index in [1.165, 1.54) is 6.07 Å². The summed E-state index contributed by atoms with van der Waals surface area (Å²) in [5, 5.41) is 1.01. The Balaban J connectivity index is 3.72. The first-order chi connectivity index (χ1) is 9.14. The molecule has 0 radical (unpaired) electrons. The maximum absolute atomic E-state index is 15.1. The average Bonchev–Trinajstić information content (AvgIpc) is 2.17. The molecule has 1 nitrogen and oxygen atoms in total. The summed E-state index contributed by atoms with van der Waals surface area (Å²) in [5.74, 6) is -0.414. The van der Waals surface area contributed by atoms with Gasteiger partial charge in [-0.3, -0.25) is 0 Å². The van der Waals surface area contributed by atoms with Gasteiger partial charge in [-0.2, -0.15) is 0 Å². The van der Waals surface area contributed by atoms with Gasteiger partial charge in [-0.15, -0.1) is 0 Å². The summed E-state index contributed by atoms with van der Waals surface area (Å²) in [6, 6.07) is 1.42. The summed E-state index contributed by atoms with van der Waals surface area (Å²) < 4.78 is 35.8. The zero-order valence-corrected chi connectivity index (χ0v) is 17.7. The number of halogens is 2. The van der Waals surface area contributed by atoms with Crippen LogP contribution in [0.15, 0.2) is 6.07 Å². The number of benzene rings is 1. The van der Waals surface area contributed by atoms with E-state index in [9.17, 15) is 4.39 Å². The van der Waals surface area contributed by atoms with Gasteiger partial charge in [0.2, 0.25) is 8.32 Å². The third-order valence-electron chi connectivity index (χ3n) is 3.14. The highest BCUT2D eigenvalue weighted by molar-refractivity contribution is 6.91. The number of hydrogen-bond acceptors (Lipinski definition) is 1. The van der Waals surface area contributed by atoms with E-state index in [-0.39, 0.29) is 17.4 Å². The summed E-state index contributed by atoms with van der Waals surface area (Å²) in [6.45, 7) is 18.1. The van der Waals surface area contributed by atoms with Gasteiger partial charge in [-0.1, -0.05) is 39.3 Å². The van der Waals surface area contributed by atoms with E-state index >= 15 is 4.39 Å². The van der Waals surface area contributed by atoms with Crippen molar-refractivity contribution in [3.8, 4) is 5.75 Å². The molecule has 21 heavy (non-hydrogen) atoms. The lowest BCUT2D eigenvalue weighted by Crippen LogP contribution is -2.49. The SMILES string of the molecule is C[Si](C)(C)Oc1c(F)c([Si](C)(C)C)cc(F)c1[Si](C)(C)C. The Morgan fingerprint density at radius 2 is 1.29 bits per heavy atom. The molecule has 0 bridgehead atoms. The molecule has 0 aromatic heterocycles. The van der Waals surface area contributed by atoms with E-state index in [2.05, 4.69) is 0 Å². The summed E-state index contributed by atoms with van der Waals surface area (Å²) in [5.41, 5.74) is 0. The van der Waals surface area contributed by atoms with Crippen LogP contribution in [-0.4, -0.2) is 24.5 Å². The molecule has 0 aliphatic heterocycles. The van der Waals surface area contributed by atoms with Crippen molar-refractivity contribution in [2.75, 3.05) is 0 Å². The Labute approximate surface area is 130 Å². The molecule has 0 amide bonds. The molecule has 1 aromatic carbocycles. The maximum atomic E-state index is 15.1. The van der Waals surface area contributed by atoms with Gasteiger partial charge in [0, 0.05) is 5.19 Å². The van der Waals surface area contributed by atoms with Crippen LogP contribution in [0.5, 0.6) is 5.75 Å². The van der Waals surface area contributed by atoms with Crippen molar-refractivity contribution in [3.05, 3.63) is 17.7 Å². The largest absolute Gasteiger partial charge is 0.542 e. The molecule has 0 fully saturated rings. The second kappa shape index (κ2) is 5.62. The molecule has 120 valence electrons. The molecule has 0 N–H and O–H groups in total. The van der Waals surface area contributed by atoms with Gasteiger partial charge in [0.1, 0.15) is 11.6 Å². The van der Waals surface area contributed by atoms with E-state index in [1.807, 2.05) is 58.9 Å². The Morgan fingerprint density at radius 3 is 1.62 bits per heavy atom. The first-order valence-corrected chi connectivity index (χ1v) is 17.8. The molecular weight excluding hydrogens is 318 g/mol. The van der Waals surface area contributed by atoms with E-state index in [4.69, 9.17) is 4.43 Å². The van der Waals surface area contributed by atoms with Crippen molar-refractivity contribution in [1.82, 2.24) is 0 Å². The second-order valence-electron chi connectivity index (χ2n) is 8.64. The third-order valence-corrected chi connectivity index (χ3v) is 7.90. The standard InChI is InChI=1S/C15H28F2OSi3/c1-19(2,3)12-10-11(16)15(20(4,5)6)14(13(12)17)18-21(7,8)9/h10H,1-9H3. The summed E-state index contributed by atoms with van der Waals surface area (Å²) in [6.07, 6.45) is 0. The Morgan fingerprint density at radius 1 is 0.810 bits per heavy atom. The fourth-order valence-corrected chi connectivity index (χ4v) is 6.12. The van der Waals surface area contributed by atoms with Crippen molar-refractivity contribution in [2.24, 2.45) is 0 Å². The zero-order chi connectivity index (χ0) is 16.8. The molecule has 0 atom stereocenters. The molecule has 0 saturated carbocycles. The fraction of sp³-hybridized carbons (Fsp3) is 0.600. The van der Waals surface area contributed by atoms with Crippen LogP contribution in [0.3, 0.4) is 0 Å². The minimum absolute atomic E-state index is 0.200. The van der Waals surface area contributed by atoms with Crippen LogP contribution in [-0.2, 0) is 0 Å². The van der Waals surface area contributed by atoms with Gasteiger partial charge in [-0.25, -0.2) is 8.78 Å². The Hall–Kier alpha value is -0.469. The minimum Gasteiger partial charge on any atom is -0.542 e. The molecule has 0 spiro atoms. The minimum atomic E-state index is -2.04. The van der Waals surface area contributed by atoms with Crippen LogP contribution >= 0.6 is 0 Å². The predicted molar refractivity (Wildman–Crippen MR) is 96.3 cm³/mol. The second-order valence-corrected chi connectivity index (χ2v) is 23.1. The molecule has 0 unspecified atom stereocenters. The first-order valence-electron chi connectivity index (χ1n) is 7.36. The summed E-state index contributed by atoms with van der Waals surface area (Å²) in [4.78, 5) is 0. The van der Waals surface area contributed by atoms with E-state index in [0.29, 0.717) is 10.4 Å². The highest BCUT2D eigenvalue weighted by Crippen LogP contribution is 2.24. The topological polar surface area (TPSA) is 9.23 Å². The highest BCUT2D eigenvalue weighted by atomic mass is 28.4. The lowest BCUT2D eigenvalue weighted by atomic mass is 10.3. The monoisotopic (exact) mass is 346 g/mol. The Bertz CT molecular complexity index is 538. The fourth-order valence-electron chi connectivity index (χ4n) is 2.25. The van der Waals surface area contributed by atoms with Gasteiger partial charge in [0.15, 0.2) is 5.82 Å². The van der Waals surface area contributed by atoms with Crippen LogP contribution in [0.25, 0.3) is 0 Å². The van der Waals surface area contributed by atoms with E-state index in [0.717, 1.165) is 0 Å². The van der Waals surface area contributed by atoms with E-state index in [1.54, 1.807) is 0 Å². The lowest BCUT2D eigenvalue weighted by Gasteiger charge is -2.30. The van der Waals surface area contributed by atoms with Gasteiger partial charge in [0.25, 0.3) is 0 Å². The maximum Gasteiger partial charge on any atom is 0.242 e. The average molecular weight is 347 g/mol. The van der Waals surface area contributed by atoms with Crippen LogP contribution in [0, 0.1) is 11.6 Å². The summed E-state index contributed by atoms with van der Waals surface area (Å²) in [7, 11) is -6.01. The molecule has 1 rings (SSSR count). The predicted octanol–water partition coefficient (Wildman–Crippen LogP) is 4.27. The van der Waals surface area contributed by atoms with Crippen LogP contribution in [0.2, 0.25) is 58.9 Å². The third kappa shape index (κ3) is 4.50. The van der Waals surface area contributed by atoms with Crippen LogP contribution in [0.4, 0.5) is 8.78 Å². The van der Waals surface area contributed by atoms with Gasteiger partial charge in [-0.05, 0) is 30.9 Å². The van der Waals surface area contributed by atoms with Gasteiger partial charge in [0.05, 0.1) is 16.1 Å². The van der Waals surface area contributed by atoms with Crippen LogP contribution in [0.1, 0.15) is 0 Å². The molecule has 6 heteroatoms. The number of hydrogen-bond donors (Lipinski definition) is 0. The highest BCUT2D eigenvalue weighted by Gasteiger charge is 2.34. The molecule has 0 heterocycles. The normalized spacial score (nSPS) is 13.5. The molecular formula is C15H28F2OSi3. The van der Waals surface area contributed by atoms with Crippen molar-refractivity contribution >= 4 is 34.8 Å². The smallest absolute Gasteiger partial charge is 0.242 e. The van der Waals surface area contributed by atoms with Crippen molar-refractivity contribution in [1.29, 1.82) is 0 Å². The lowest BCUT2D eigenvalue weighted by molar-refractivity contribution is 0.496.